The van der Waals surface area contributed by atoms with Crippen LogP contribution in [0.2, 0.25) is 10.0 Å². The van der Waals surface area contributed by atoms with E-state index in [2.05, 4.69) is 38.5 Å². The molecule has 6 rings (SSSR count). The molecule has 4 aromatic carbocycles. The number of carbonyl (C=O) groups is 4. The van der Waals surface area contributed by atoms with Crippen molar-refractivity contribution in [3.05, 3.63) is 183 Å². The molecular formula is C50H52Cl2F4N8O6S2. The number of likely N-dealkylation sites (N-methyl/N-ethyl adjacent to an activating group) is 2. The monoisotopic (exact) mass is 1070 g/mol. The van der Waals surface area contributed by atoms with E-state index >= 15 is 0 Å². The molecule has 2 aromatic heterocycles. The first-order valence-electron chi connectivity index (χ1n) is 21.3. The highest BCUT2D eigenvalue weighted by Crippen LogP contribution is 2.24. The summed E-state index contributed by atoms with van der Waals surface area (Å²) >= 11 is 11.8. The van der Waals surface area contributed by atoms with Gasteiger partial charge in [-0.05, 0) is 119 Å². The van der Waals surface area contributed by atoms with Crippen molar-refractivity contribution in [3.8, 4) is 0 Å². The van der Waals surface area contributed by atoms with Crippen molar-refractivity contribution in [2.24, 2.45) is 5.11 Å². The SMILES string of the molecule is C=CC[C@@H](CO)N(C)C(=O)CCc1cccc(F)c1Cl.C=CC[C@@H](COC(=O)Nc1cc2cc(F)ccc2cn1)N(C)C(=O)CCc1cccc(F)c1Cl.S.S.[N-]=[N+]=NC(=O)c1cc2cc(F)ccc2cn1. The number of ether oxygens (including phenoxy) is 1. The second kappa shape index (κ2) is 30.9. The molecule has 72 heavy (non-hydrogen) atoms. The van der Waals surface area contributed by atoms with Crippen LogP contribution in [0.4, 0.5) is 28.2 Å². The van der Waals surface area contributed by atoms with Crippen molar-refractivity contribution < 1.29 is 46.6 Å². The summed E-state index contributed by atoms with van der Waals surface area (Å²) < 4.78 is 58.5. The Bertz CT molecular complexity index is 2900. The summed E-state index contributed by atoms with van der Waals surface area (Å²) in [6, 6.07) is 19.6. The van der Waals surface area contributed by atoms with Crippen LogP contribution in [0, 0.1) is 23.3 Å². The van der Waals surface area contributed by atoms with E-state index in [-0.39, 0.29) is 98.9 Å². The molecule has 22 heteroatoms. The third-order valence-electron chi connectivity index (χ3n) is 10.6. The highest BCUT2D eigenvalue weighted by atomic mass is 35.5. The van der Waals surface area contributed by atoms with E-state index in [1.807, 2.05) is 0 Å². The fourth-order valence-electron chi connectivity index (χ4n) is 6.62. The van der Waals surface area contributed by atoms with E-state index in [0.717, 1.165) is 5.39 Å². The van der Waals surface area contributed by atoms with Crippen LogP contribution in [0.1, 0.15) is 47.3 Å². The Hall–Kier alpha value is -6.67. The van der Waals surface area contributed by atoms with Gasteiger partial charge in [-0.15, -0.1) is 13.2 Å². The number of aryl methyl sites for hydroxylation is 2. The number of carbonyl (C=O) groups excluding carboxylic acids is 4. The van der Waals surface area contributed by atoms with E-state index in [1.165, 1.54) is 70.7 Å². The molecule has 0 saturated carbocycles. The summed E-state index contributed by atoms with van der Waals surface area (Å²) in [5.74, 6) is -2.72. The van der Waals surface area contributed by atoms with Gasteiger partial charge in [0.25, 0.3) is 5.91 Å². The molecule has 0 spiro atoms. The number of hydrogen-bond donors (Lipinski definition) is 2. The minimum atomic E-state index is -0.784. The number of aromatic nitrogens is 2. The number of azide groups is 1. The Kier molecular flexibility index (Phi) is 26.4. The fourth-order valence-corrected chi connectivity index (χ4v) is 7.06. The molecule has 2 N–H and O–H groups in total. The first-order chi connectivity index (χ1) is 33.5. The first-order valence-corrected chi connectivity index (χ1v) is 22.1. The first kappa shape index (κ1) is 61.4. The van der Waals surface area contributed by atoms with Crippen LogP contribution in [0.3, 0.4) is 0 Å². The van der Waals surface area contributed by atoms with Crippen molar-refractivity contribution in [2.45, 2.75) is 50.6 Å². The van der Waals surface area contributed by atoms with Gasteiger partial charge >= 0.3 is 6.09 Å². The van der Waals surface area contributed by atoms with Crippen LogP contribution in [0.25, 0.3) is 32.0 Å². The number of fused-ring (bicyclic) bond motifs is 2. The number of pyridine rings is 2. The van der Waals surface area contributed by atoms with Gasteiger partial charge in [0.2, 0.25) is 11.8 Å². The lowest BCUT2D eigenvalue weighted by atomic mass is 10.1. The lowest BCUT2D eigenvalue weighted by molar-refractivity contribution is -0.133. The Morgan fingerprint density at radius 1 is 0.750 bits per heavy atom. The number of benzene rings is 4. The maximum Gasteiger partial charge on any atom is 0.412 e. The van der Waals surface area contributed by atoms with Crippen molar-refractivity contribution in [3.63, 3.8) is 0 Å². The molecule has 0 saturated heterocycles. The standard InChI is InChI=1S/C25H24ClF2N3O3.C15H19ClFNO2.C10H5FN4O.2H2S/c1-3-5-20(31(2)23(32)11-9-16-6-4-7-21(28)24(16)26)15-34-25(33)30-22-13-18-12-19(27)10-8-17(18)14-29-22;1-3-5-12(10-19)18(2)14(20)9-8-11-6-4-7-13(17)15(11)16;11-8-2-1-6-5-13-9(4-7(6)3-8)10(16)14-15-12;;/h3-4,6-8,10,12-14,20H,1,5,9,11,15H2,2H3,(H,29,30,33);3-4,6-7,12,19H,1,5,8-10H2,2H3;1-5H;2*1H2/t20-;12-;;;/m00.../s1. The number of rotatable bonds is 17. The van der Waals surface area contributed by atoms with Gasteiger partial charge in [0.15, 0.2) is 0 Å². The summed E-state index contributed by atoms with van der Waals surface area (Å²) in [6.07, 6.45) is 7.35. The highest BCUT2D eigenvalue weighted by molar-refractivity contribution is 7.59. The summed E-state index contributed by atoms with van der Waals surface area (Å²) in [6.45, 7) is 7.09. The second-order valence-electron chi connectivity index (χ2n) is 15.3. The predicted molar refractivity (Wildman–Crippen MR) is 282 cm³/mol. The van der Waals surface area contributed by atoms with E-state index in [4.69, 9.17) is 33.5 Å². The van der Waals surface area contributed by atoms with Crippen molar-refractivity contribution in [2.75, 3.05) is 32.6 Å². The van der Waals surface area contributed by atoms with Gasteiger partial charge in [-0.2, -0.15) is 27.0 Å². The van der Waals surface area contributed by atoms with Crippen molar-refractivity contribution in [1.29, 1.82) is 0 Å². The number of aliphatic hydroxyl groups excluding tert-OH is 1. The van der Waals surface area contributed by atoms with Gasteiger partial charge in [-0.3, -0.25) is 24.7 Å². The van der Waals surface area contributed by atoms with Crippen LogP contribution >= 0.6 is 50.2 Å². The van der Waals surface area contributed by atoms with E-state index in [1.54, 1.807) is 62.6 Å². The molecule has 0 fully saturated rings. The highest BCUT2D eigenvalue weighted by Gasteiger charge is 2.22. The Balaban J connectivity index is 0.000000398. The average molecular weight is 1070 g/mol. The summed E-state index contributed by atoms with van der Waals surface area (Å²) in [4.78, 5) is 61.4. The van der Waals surface area contributed by atoms with Gasteiger partial charge < -0.3 is 19.6 Å². The maximum atomic E-state index is 13.6. The van der Waals surface area contributed by atoms with Gasteiger partial charge in [0, 0.05) is 55.0 Å². The zero-order chi connectivity index (χ0) is 51.3. The third kappa shape index (κ3) is 18.5. The van der Waals surface area contributed by atoms with Gasteiger partial charge in [-0.1, -0.05) is 59.6 Å². The minimum absolute atomic E-state index is 0. The number of hydrogen-bond acceptors (Lipinski definition) is 8. The lowest BCUT2D eigenvalue weighted by Gasteiger charge is -2.27. The largest absolute Gasteiger partial charge is 0.447 e. The molecule has 14 nitrogen and oxygen atoms in total. The molecular weight excluding hydrogens is 1020 g/mol. The predicted octanol–water partition coefficient (Wildman–Crippen LogP) is 11.6. The van der Waals surface area contributed by atoms with Crippen molar-refractivity contribution >= 4 is 101 Å². The van der Waals surface area contributed by atoms with Crippen LogP contribution < -0.4 is 5.32 Å². The fraction of sp³-hybridized carbons (Fsp3) is 0.240. The Morgan fingerprint density at radius 2 is 1.24 bits per heavy atom. The molecule has 2 heterocycles. The summed E-state index contributed by atoms with van der Waals surface area (Å²) in [5.41, 5.74) is 9.25. The van der Waals surface area contributed by atoms with Crippen molar-refractivity contribution in [1.82, 2.24) is 19.8 Å². The van der Waals surface area contributed by atoms with Gasteiger partial charge in [0.1, 0.15) is 41.4 Å². The molecule has 0 aliphatic carbocycles. The molecule has 0 aliphatic heterocycles. The number of nitrogens with one attached hydrogen (secondary N) is 1. The van der Waals surface area contributed by atoms with E-state index < -0.39 is 41.3 Å². The molecule has 0 bridgehead atoms. The molecule has 0 radical (unpaired) electrons. The van der Waals surface area contributed by atoms with Crippen LogP contribution in [-0.2, 0) is 27.2 Å². The van der Waals surface area contributed by atoms with E-state index in [0.29, 0.717) is 46.5 Å². The van der Waals surface area contributed by atoms with Crippen LogP contribution in [0.15, 0.2) is 128 Å². The normalized spacial score (nSPS) is 11.0. The van der Waals surface area contributed by atoms with Gasteiger partial charge in [-0.25, -0.2) is 27.3 Å². The molecule has 0 unspecified atom stereocenters. The lowest BCUT2D eigenvalue weighted by Crippen LogP contribution is -2.40. The number of anilines is 1. The maximum absolute atomic E-state index is 13.6. The van der Waals surface area contributed by atoms with Crippen LogP contribution in [-0.4, -0.2) is 88.1 Å². The number of aliphatic hydroxyl groups is 1. The Morgan fingerprint density at radius 3 is 1.74 bits per heavy atom. The summed E-state index contributed by atoms with van der Waals surface area (Å²) in [5, 5.41) is 17.3. The molecule has 382 valence electrons. The number of nitrogens with zero attached hydrogens (tertiary/aromatic N) is 7. The average Bonchev–Trinajstić information content (AvgIpc) is 3.34. The Labute approximate surface area is 437 Å². The van der Waals surface area contributed by atoms with E-state index in [9.17, 15) is 41.8 Å². The zero-order valence-corrected chi connectivity index (χ0v) is 42.5. The zero-order valence-electron chi connectivity index (χ0n) is 39.0. The minimum Gasteiger partial charge on any atom is -0.447 e. The molecule has 6 aromatic rings. The third-order valence-corrected chi connectivity index (χ3v) is 11.5. The topological polar surface area (TPSA) is 191 Å². The van der Waals surface area contributed by atoms with Crippen LogP contribution in [0.5, 0.6) is 0 Å². The second-order valence-corrected chi connectivity index (χ2v) is 16.1. The quantitative estimate of drug-likeness (QED) is 0.0296. The number of amides is 4. The smallest absolute Gasteiger partial charge is 0.412 e. The number of halogens is 6. The molecule has 2 atom stereocenters. The molecule has 0 aliphatic rings. The summed E-state index contributed by atoms with van der Waals surface area (Å²) in [7, 11) is 3.24. The molecule has 4 amide bonds. The van der Waals surface area contributed by atoms with Gasteiger partial charge in [0.05, 0.1) is 28.7 Å².